The summed E-state index contributed by atoms with van der Waals surface area (Å²) in [5.74, 6) is -0.764. The number of hydrogen-bond acceptors (Lipinski definition) is 4. The zero-order valence-electron chi connectivity index (χ0n) is 14.4. The van der Waals surface area contributed by atoms with Gasteiger partial charge in [-0.3, -0.25) is 0 Å². The van der Waals surface area contributed by atoms with Gasteiger partial charge in [-0.05, 0) is 48.5 Å². The lowest BCUT2D eigenvalue weighted by Crippen LogP contribution is -2.40. The number of nitrogens with zero attached hydrogens (tertiary/aromatic N) is 1. The second-order valence-electron chi connectivity index (χ2n) is 6.96. The predicted molar refractivity (Wildman–Crippen MR) is 95.4 cm³/mol. The van der Waals surface area contributed by atoms with Crippen molar-refractivity contribution < 1.29 is 13.9 Å². The Morgan fingerprint density at radius 2 is 1.76 bits per heavy atom. The number of nitrogens with one attached hydrogen (secondary N) is 1. The normalized spacial score (nSPS) is 18.1. The van der Waals surface area contributed by atoms with Gasteiger partial charge in [-0.25, -0.2) is 9.18 Å². The van der Waals surface area contributed by atoms with E-state index in [2.05, 4.69) is 5.32 Å². The summed E-state index contributed by atoms with van der Waals surface area (Å²) in [5, 5.41) is 3.23. The second kappa shape index (κ2) is 5.85. The Hall–Kier alpha value is -2.40. The first-order valence-electron chi connectivity index (χ1n) is 8.56. The van der Waals surface area contributed by atoms with Gasteiger partial charge < -0.3 is 15.0 Å². The zero-order valence-corrected chi connectivity index (χ0v) is 14.4. The highest BCUT2D eigenvalue weighted by atomic mass is 19.1. The number of hydrogen-bond donors (Lipinski definition) is 1. The van der Waals surface area contributed by atoms with Gasteiger partial charge in [0.1, 0.15) is 11.4 Å². The minimum absolute atomic E-state index is 0.350. The highest BCUT2D eigenvalue weighted by molar-refractivity contribution is 5.96. The summed E-state index contributed by atoms with van der Waals surface area (Å²) in [6.07, 6.45) is 1.22. The number of halogens is 1. The average molecular weight is 340 g/mol. The van der Waals surface area contributed by atoms with Crippen molar-refractivity contribution in [3.63, 3.8) is 0 Å². The maximum absolute atomic E-state index is 15.0. The molecule has 4 nitrogen and oxygen atoms in total. The van der Waals surface area contributed by atoms with E-state index in [1.165, 1.54) is 6.07 Å². The predicted octanol–water partition coefficient (Wildman–Crippen LogP) is 3.31. The molecule has 0 aliphatic carbocycles. The van der Waals surface area contributed by atoms with Gasteiger partial charge in [0.15, 0.2) is 0 Å². The highest BCUT2D eigenvalue weighted by Gasteiger charge is 2.48. The molecule has 0 bridgehead atoms. The molecule has 0 unspecified atom stereocenters. The van der Waals surface area contributed by atoms with Crippen LogP contribution in [0.15, 0.2) is 36.4 Å². The van der Waals surface area contributed by atoms with Crippen LogP contribution < -0.4 is 10.2 Å². The molecule has 25 heavy (non-hydrogen) atoms. The number of benzene rings is 2. The molecule has 1 spiro atoms. The molecule has 2 aliphatic rings. The summed E-state index contributed by atoms with van der Waals surface area (Å²) in [6, 6.07) is 11.1. The van der Waals surface area contributed by atoms with Gasteiger partial charge in [-0.15, -0.1) is 0 Å². The van der Waals surface area contributed by atoms with E-state index in [0.717, 1.165) is 24.3 Å². The van der Waals surface area contributed by atoms with Gasteiger partial charge in [0.2, 0.25) is 0 Å². The standard InChI is InChI=1S/C20H21FN2O2/c1-23(2)15-5-3-13(4-6-15)14-11-16-18(17(21)12-14)20(25-19(16)24)7-9-22-10-8-20/h3-6,11-12,22H,7-10H2,1-2H3. The Morgan fingerprint density at radius 3 is 2.40 bits per heavy atom. The Morgan fingerprint density at radius 1 is 1.08 bits per heavy atom. The maximum Gasteiger partial charge on any atom is 0.339 e. The second-order valence-corrected chi connectivity index (χ2v) is 6.96. The van der Waals surface area contributed by atoms with Crippen molar-refractivity contribution in [3.8, 4) is 11.1 Å². The molecule has 130 valence electrons. The minimum Gasteiger partial charge on any atom is -0.450 e. The minimum atomic E-state index is -0.797. The Bertz CT molecular complexity index is 824. The Kier molecular flexibility index (Phi) is 3.76. The molecule has 4 rings (SSSR count). The lowest BCUT2D eigenvalue weighted by Gasteiger charge is -2.33. The van der Waals surface area contributed by atoms with Crippen LogP contribution in [0.3, 0.4) is 0 Å². The van der Waals surface area contributed by atoms with Crippen LogP contribution in [0.4, 0.5) is 10.1 Å². The first kappa shape index (κ1) is 16.1. The SMILES string of the molecule is CN(C)c1ccc(-c2cc(F)c3c(c2)C(=O)OC32CCNCC2)cc1. The van der Waals surface area contributed by atoms with E-state index in [1.807, 2.05) is 43.3 Å². The van der Waals surface area contributed by atoms with E-state index >= 15 is 0 Å². The zero-order chi connectivity index (χ0) is 17.6. The highest BCUT2D eigenvalue weighted by Crippen LogP contribution is 2.45. The molecule has 2 heterocycles. The number of ether oxygens (including phenoxy) is 1. The van der Waals surface area contributed by atoms with Crippen LogP contribution in [0.25, 0.3) is 11.1 Å². The third kappa shape index (κ3) is 2.59. The molecule has 1 saturated heterocycles. The third-order valence-corrected chi connectivity index (χ3v) is 5.18. The maximum atomic E-state index is 15.0. The van der Waals surface area contributed by atoms with Gasteiger partial charge in [0.25, 0.3) is 0 Å². The number of esters is 1. The first-order valence-corrected chi connectivity index (χ1v) is 8.56. The molecule has 1 N–H and O–H groups in total. The summed E-state index contributed by atoms with van der Waals surface area (Å²) in [4.78, 5) is 14.4. The lowest BCUT2D eigenvalue weighted by molar-refractivity contribution is -0.0255. The van der Waals surface area contributed by atoms with E-state index in [-0.39, 0.29) is 5.82 Å². The summed E-state index contributed by atoms with van der Waals surface area (Å²) in [5.41, 5.74) is 2.66. The number of piperidine rings is 1. The fourth-order valence-electron chi connectivity index (χ4n) is 3.82. The van der Waals surface area contributed by atoms with E-state index < -0.39 is 11.6 Å². The molecule has 2 aromatic carbocycles. The third-order valence-electron chi connectivity index (χ3n) is 5.18. The van der Waals surface area contributed by atoms with Crippen LogP contribution >= 0.6 is 0 Å². The van der Waals surface area contributed by atoms with Crippen LogP contribution in [0, 0.1) is 5.82 Å². The molecular weight excluding hydrogens is 319 g/mol. The molecule has 0 saturated carbocycles. The molecular formula is C20H21FN2O2. The number of carbonyl (C=O) groups is 1. The summed E-state index contributed by atoms with van der Waals surface area (Å²) >= 11 is 0. The molecule has 0 atom stereocenters. The molecule has 0 aromatic heterocycles. The van der Waals surface area contributed by atoms with Crippen molar-refractivity contribution in [1.29, 1.82) is 0 Å². The largest absolute Gasteiger partial charge is 0.450 e. The van der Waals surface area contributed by atoms with E-state index in [4.69, 9.17) is 4.74 Å². The van der Waals surface area contributed by atoms with Crippen LogP contribution in [-0.2, 0) is 10.3 Å². The monoisotopic (exact) mass is 340 g/mol. The Balaban J connectivity index is 1.77. The number of fused-ring (bicyclic) bond motifs is 2. The van der Waals surface area contributed by atoms with E-state index in [1.54, 1.807) is 6.07 Å². The topological polar surface area (TPSA) is 41.6 Å². The Labute approximate surface area is 146 Å². The van der Waals surface area contributed by atoms with Crippen molar-refractivity contribution in [1.82, 2.24) is 5.32 Å². The first-order chi connectivity index (χ1) is 12.0. The lowest BCUT2D eigenvalue weighted by atomic mass is 9.83. The van der Waals surface area contributed by atoms with Crippen molar-refractivity contribution in [2.75, 3.05) is 32.1 Å². The molecule has 1 fully saturated rings. The molecule has 2 aliphatic heterocycles. The van der Waals surface area contributed by atoms with Gasteiger partial charge in [0.05, 0.1) is 5.56 Å². The number of carbonyl (C=O) groups excluding carboxylic acids is 1. The average Bonchev–Trinajstić information content (AvgIpc) is 2.87. The van der Waals surface area contributed by atoms with Crippen molar-refractivity contribution >= 4 is 11.7 Å². The number of rotatable bonds is 2. The van der Waals surface area contributed by atoms with E-state index in [9.17, 15) is 9.18 Å². The molecule has 0 amide bonds. The van der Waals surface area contributed by atoms with Gasteiger partial charge >= 0.3 is 5.97 Å². The van der Waals surface area contributed by atoms with Crippen LogP contribution in [0.5, 0.6) is 0 Å². The van der Waals surface area contributed by atoms with Crippen molar-refractivity contribution in [3.05, 3.63) is 53.3 Å². The summed E-state index contributed by atoms with van der Waals surface area (Å²) in [7, 11) is 3.94. The summed E-state index contributed by atoms with van der Waals surface area (Å²) < 4.78 is 20.6. The smallest absolute Gasteiger partial charge is 0.339 e. The van der Waals surface area contributed by atoms with Gasteiger partial charge in [-0.1, -0.05) is 12.1 Å². The van der Waals surface area contributed by atoms with E-state index in [0.29, 0.717) is 29.5 Å². The number of anilines is 1. The fourth-order valence-corrected chi connectivity index (χ4v) is 3.82. The van der Waals surface area contributed by atoms with Crippen molar-refractivity contribution in [2.45, 2.75) is 18.4 Å². The molecule has 2 aromatic rings. The quantitative estimate of drug-likeness (QED) is 0.852. The van der Waals surface area contributed by atoms with Crippen LogP contribution in [0.1, 0.15) is 28.8 Å². The van der Waals surface area contributed by atoms with Gasteiger partial charge in [-0.2, -0.15) is 0 Å². The van der Waals surface area contributed by atoms with Gasteiger partial charge in [0, 0.05) is 38.2 Å². The summed E-state index contributed by atoms with van der Waals surface area (Å²) in [6.45, 7) is 1.44. The van der Waals surface area contributed by atoms with Crippen LogP contribution in [-0.4, -0.2) is 33.2 Å². The molecule has 0 radical (unpaired) electrons. The fraction of sp³-hybridized carbons (Fsp3) is 0.350. The molecule has 5 heteroatoms. The van der Waals surface area contributed by atoms with Crippen molar-refractivity contribution in [2.24, 2.45) is 0 Å². The van der Waals surface area contributed by atoms with Crippen LogP contribution in [0.2, 0.25) is 0 Å².